The molecule has 1 N–H and O–H groups in total. The van der Waals surface area contributed by atoms with Crippen molar-refractivity contribution in [2.24, 2.45) is 0 Å². The first kappa shape index (κ1) is 16.6. The molecule has 2 aromatic rings. The Labute approximate surface area is 148 Å². The third kappa shape index (κ3) is 3.44. The van der Waals surface area contributed by atoms with E-state index in [0.717, 1.165) is 56.5 Å². The molecule has 4 rings (SSSR count). The summed E-state index contributed by atoms with van der Waals surface area (Å²) in [5, 5.41) is 1.11. The Bertz CT molecular complexity index is 761. The van der Waals surface area contributed by atoms with Gasteiger partial charge in [0, 0.05) is 43.1 Å². The van der Waals surface area contributed by atoms with E-state index >= 15 is 0 Å². The van der Waals surface area contributed by atoms with Gasteiger partial charge < -0.3 is 14.6 Å². The molecule has 2 aliphatic rings. The molecular weight excluding hydrogens is 314 g/mol. The molecule has 0 spiro atoms. The Morgan fingerprint density at radius 1 is 1.20 bits per heavy atom. The van der Waals surface area contributed by atoms with Crippen LogP contribution in [0.2, 0.25) is 0 Å². The Hall–Kier alpha value is -1.85. The minimum Gasteiger partial charge on any atom is -0.376 e. The van der Waals surface area contributed by atoms with E-state index in [2.05, 4.69) is 35.9 Å². The summed E-state index contributed by atoms with van der Waals surface area (Å²) in [7, 11) is 0. The number of carbonyl (C=O) groups is 1. The number of ether oxygens (including phenoxy) is 1. The second-order valence-electron chi connectivity index (χ2n) is 7.47. The van der Waals surface area contributed by atoms with E-state index in [1.807, 2.05) is 17.0 Å². The number of likely N-dealkylation sites (tertiary alicyclic amines) is 1. The van der Waals surface area contributed by atoms with E-state index in [9.17, 15) is 4.79 Å². The van der Waals surface area contributed by atoms with Crippen molar-refractivity contribution in [2.45, 2.75) is 38.8 Å². The number of amides is 1. The summed E-state index contributed by atoms with van der Waals surface area (Å²) in [6.07, 6.45) is 2.43. The summed E-state index contributed by atoms with van der Waals surface area (Å²) in [6, 6.07) is 8.81. The number of morpholine rings is 1. The number of aromatic amines is 1. The van der Waals surface area contributed by atoms with Gasteiger partial charge in [-0.15, -0.1) is 0 Å². The van der Waals surface area contributed by atoms with Crippen LogP contribution in [0.4, 0.5) is 0 Å². The highest BCUT2D eigenvalue weighted by Gasteiger charge is 2.30. The van der Waals surface area contributed by atoms with Gasteiger partial charge in [0.2, 0.25) is 0 Å². The molecule has 1 aromatic heterocycles. The zero-order valence-corrected chi connectivity index (χ0v) is 15.1. The van der Waals surface area contributed by atoms with Gasteiger partial charge in [-0.2, -0.15) is 0 Å². The van der Waals surface area contributed by atoms with Crippen LogP contribution in [0.3, 0.4) is 0 Å². The fraction of sp³-hybridized carbons (Fsp3) is 0.550. The SMILES string of the molecule is Cc1ccc2[nH]c(C(=O)N3CCC(N4CCOC(C)C4)CC3)cc2c1. The second kappa shape index (κ2) is 6.81. The molecule has 3 heterocycles. The molecule has 2 aliphatic heterocycles. The van der Waals surface area contributed by atoms with Crippen LogP contribution >= 0.6 is 0 Å². The molecule has 134 valence electrons. The number of nitrogens with one attached hydrogen (secondary N) is 1. The standard InChI is InChI=1S/C20H27N3O2/c1-14-3-4-18-16(11-14)12-19(21-18)20(24)22-7-5-17(6-8-22)23-9-10-25-15(2)13-23/h3-4,11-12,15,17,21H,5-10,13H2,1-2H3. The third-order valence-electron chi connectivity index (χ3n) is 5.55. The van der Waals surface area contributed by atoms with E-state index in [0.29, 0.717) is 17.8 Å². The van der Waals surface area contributed by atoms with Gasteiger partial charge in [-0.05, 0) is 44.9 Å². The van der Waals surface area contributed by atoms with E-state index < -0.39 is 0 Å². The van der Waals surface area contributed by atoms with Gasteiger partial charge in [-0.1, -0.05) is 11.6 Å². The van der Waals surface area contributed by atoms with Crippen LogP contribution in [0.1, 0.15) is 35.8 Å². The van der Waals surface area contributed by atoms with Crippen molar-refractivity contribution in [3.63, 3.8) is 0 Å². The molecule has 0 bridgehead atoms. The lowest BCUT2D eigenvalue weighted by Gasteiger charge is -2.41. The summed E-state index contributed by atoms with van der Waals surface area (Å²) in [5.74, 6) is 0.127. The molecule has 25 heavy (non-hydrogen) atoms. The Morgan fingerprint density at radius 3 is 2.76 bits per heavy atom. The molecule has 2 fully saturated rings. The predicted octanol–water partition coefficient (Wildman–Crippen LogP) is 2.80. The molecule has 0 radical (unpaired) electrons. The molecule has 5 heteroatoms. The number of H-pyrrole nitrogens is 1. The lowest BCUT2D eigenvalue weighted by atomic mass is 10.0. The number of benzene rings is 1. The lowest BCUT2D eigenvalue weighted by Crippen LogP contribution is -2.51. The van der Waals surface area contributed by atoms with Gasteiger partial charge in [0.1, 0.15) is 5.69 Å². The number of nitrogens with zero attached hydrogens (tertiary/aromatic N) is 2. The van der Waals surface area contributed by atoms with Gasteiger partial charge in [0.25, 0.3) is 5.91 Å². The topological polar surface area (TPSA) is 48.6 Å². The summed E-state index contributed by atoms with van der Waals surface area (Å²) >= 11 is 0. The van der Waals surface area contributed by atoms with Crippen molar-refractivity contribution < 1.29 is 9.53 Å². The first-order valence-electron chi connectivity index (χ1n) is 9.34. The van der Waals surface area contributed by atoms with Crippen molar-refractivity contribution in [2.75, 3.05) is 32.8 Å². The average Bonchev–Trinajstić information content (AvgIpc) is 3.04. The highest BCUT2D eigenvalue weighted by molar-refractivity contribution is 5.98. The maximum atomic E-state index is 12.9. The van der Waals surface area contributed by atoms with E-state index in [4.69, 9.17) is 4.74 Å². The van der Waals surface area contributed by atoms with Crippen LogP contribution in [-0.2, 0) is 4.74 Å². The largest absolute Gasteiger partial charge is 0.376 e. The molecule has 5 nitrogen and oxygen atoms in total. The molecule has 1 atom stereocenters. The molecule has 0 saturated carbocycles. The second-order valence-corrected chi connectivity index (χ2v) is 7.47. The Kier molecular flexibility index (Phi) is 4.52. The minimum absolute atomic E-state index is 0.127. The molecular formula is C20H27N3O2. The number of aryl methyl sites for hydroxylation is 1. The number of hydrogen-bond acceptors (Lipinski definition) is 3. The van der Waals surface area contributed by atoms with Gasteiger partial charge in [-0.3, -0.25) is 9.69 Å². The molecule has 0 aliphatic carbocycles. The minimum atomic E-state index is 0.127. The number of aromatic nitrogens is 1. The summed E-state index contributed by atoms with van der Waals surface area (Å²) in [5.41, 5.74) is 2.95. The summed E-state index contributed by atoms with van der Waals surface area (Å²) in [4.78, 5) is 20.7. The van der Waals surface area contributed by atoms with Crippen molar-refractivity contribution in [3.8, 4) is 0 Å². The van der Waals surface area contributed by atoms with Gasteiger partial charge in [-0.25, -0.2) is 0 Å². The fourth-order valence-corrected chi connectivity index (χ4v) is 4.15. The number of carbonyl (C=O) groups excluding carboxylic acids is 1. The van der Waals surface area contributed by atoms with Crippen LogP contribution in [0.15, 0.2) is 24.3 Å². The maximum Gasteiger partial charge on any atom is 0.270 e. The fourth-order valence-electron chi connectivity index (χ4n) is 4.15. The number of fused-ring (bicyclic) bond motifs is 1. The Morgan fingerprint density at radius 2 is 2.00 bits per heavy atom. The number of piperidine rings is 1. The number of rotatable bonds is 2. The third-order valence-corrected chi connectivity index (χ3v) is 5.55. The smallest absolute Gasteiger partial charge is 0.270 e. The number of hydrogen-bond donors (Lipinski definition) is 1. The first-order chi connectivity index (χ1) is 12.1. The van der Waals surface area contributed by atoms with E-state index in [-0.39, 0.29) is 5.91 Å². The van der Waals surface area contributed by atoms with Crippen LogP contribution in [0.5, 0.6) is 0 Å². The van der Waals surface area contributed by atoms with Crippen LogP contribution < -0.4 is 0 Å². The highest BCUT2D eigenvalue weighted by atomic mass is 16.5. The summed E-state index contributed by atoms with van der Waals surface area (Å²) in [6.45, 7) is 8.75. The zero-order valence-electron chi connectivity index (χ0n) is 15.1. The molecule has 1 amide bonds. The normalized spacial score (nSPS) is 23.3. The molecule has 1 aromatic carbocycles. The van der Waals surface area contributed by atoms with E-state index in [1.54, 1.807) is 0 Å². The van der Waals surface area contributed by atoms with Crippen LogP contribution in [-0.4, -0.2) is 65.6 Å². The van der Waals surface area contributed by atoms with Crippen molar-refractivity contribution in [3.05, 3.63) is 35.5 Å². The van der Waals surface area contributed by atoms with E-state index in [1.165, 1.54) is 5.56 Å². The average molecular weight is 341 g/mol. The predicted molar refractivity (Wildman–Crippen MR) is 98.9 cm³/mol. The molecule has 1 unspecified atom stereocenters. The van der Waals surface area contributed by atoms with Gasteiger partial charge >= 0.3 is 0 Å². The first-order valence-corrected chi connectivity index (χ1v) is 9.34. The van der Waals surface area contributed by atoms with Crippen molar-refractivity contribution in [1.82, 2.24) is 14.8 Å². The summed E-state index contributed by atoms with van der Waals surface area (Å²) < 4.78 is 5.64. The monoisotopic (exact) mass is 341 g/mol. The van der Waals surface area contributed by atoms with Crippen LogP contribution in [0.25, 0.3) is 10.9 Å². The van der Waals surface area contributed by atoms with Crippen LogP contribution in [0, 0.1) is 6.92 Å². The lowest BCUT2D eigenvalue weighted by molar-refractivity contribution is -0.0423. The highest BCUT2D eigenvalue weighted by Crippen LogP contribution is 2.22. The van der Waals surface area contributed by atoms with Gasteiger partial charge in [0.05, 0.1) is 12.7 Å². The quantitative estimate of drug-likeness (QED) is 0.914. The maximum absolute atomic E-state index is 12.9. The Balaban J connectivity index is 1.40. The van der Waals surface area contributed by atoms with Crippen molar-refractivity contribution >= 4 is 16.8 Å². The zero-order chi connectivity index (χ0) is 17.4. The van der Waals surface area contributed by atoms with Crippen molar-refractivity contribution in [1.29, 1.82) is 0 Å². The molecule has 2 saturated heterocycles. The van der Waals surface area contributed by atoms with Gasteiger partial charge in [0.15, 0.2) is 0 Å².